The van der Waals surface area contributed by atoms with Gasteiger partial charge < -0.3 is 5.11 Å². The molecule has 1 N–H and O–H groups in total. The standard InChI is InChI=1S/C11H10F2N2O/c12-11(13)15-6-10(5-14-15)9-3-1-2-8(4-9)7-16/h1-6,11,16H,7H2. The van der Waals surface area contributed by atoms with Crippen LogP contribution in [0.4, 0.5) is 8.78 Å². The average Bonchev–Trinajstić information content (AvgIpc) is 2.78. The number of hydrogen-bond donors (Lipinski definition) is 1. The SMILES string of the molecule is OCc1cccc(-c2cnn(C(F)F)c2)c1. The molecule has 1 aromatic heterocycles. The lowest BCUT2D eigenvalue weighted by Crippen LogP contribution is -1.96. The number of rotatable bonds is 3. The van der Waals surface area contributed by atoms with Crippen LogP contribution >= 0.6 is 0 Å². The van der Waals surface area contributed by atoms with E-state index >= 15 is 0 Å². The molecule has 0 bridgehead atoms. The van der Waals surface area contributed by atoms with Crippen LogP contribution in [0, 0.1) is 0 Å². The van der Waals surface area contributed by atoms with Crippen LogP contribution in [-0.4, -0.2) is 14.9 Å². The summed E-state index contributed by atoms with van der Waals surface area (Å²) in [6.07, 6.45) is 2.66. The van der Waals surface area contributed by atoms with Gasteiger partial charge in [0.25, 0.3) is 0 Å². The third-order valence-corrected chi connectivity index (χ3v) is 2.24. The summed E-state index contributed by atoms with van der Waals surface area (Å²) >= 11 is 0. The van der Waals surface area contributed by atoms with Crippen molar-refractivity contribution >= 4 is 0 Å². The minimum Gasteiger partial charge on any atom is -0.392 e. The van der Waals surface area contributed by atoms with Crippen molar-refractivity contribution in [1.29, 1.82) is 0 Å². The fourth-order valence-electron chi connectivity index (χ4n) is 1.44. The van der Waals surface area contributed by atoms with Crippen molar-refractivity contribution in [1.82, 2.24) is 9.78 Å². The fraction of sp³-hybridized carbons (Fsp3) is 0.182. The van der Waals surface area contributed by atoms with Gasteiger partial charge in [-0.25, -0.2) is 4.68 Å². The van der Waals surface area contributed by atoms with E-state index < -0.39 is 6.55 Å². The second-order valence-corrected chi connectivity index (χ2v) is 3.35. The fourth-order valence-corrected chi connectivity index (χ4v) is 1.44. The van der Waals surface area contributed by atoms with Crippen LogP contribution in [0.25, 0.3) is 11.1 Å². The molecule has 0 spiro atoms. The van der Waals surface area contributed by atoms with E-state index in [-0.39, 0.29) is 6.61 Å². The number of nitrogens with zero attached hydrogens (tertiary/aromatic N) is 2. The third kappa shape index (κ3) is 2.09. The second kappa shape index (κ2) is 4.40. The predicted octanol–water partition coefficient (Wildman–Crippen LogP) is 2.44. The second-order valence-electron chi connectivity index (χ2n) is 3.35. The molecule has 5 heteroatoms. The molecule has 0 aliphatic rings. The van der Waals surface area contributed by atoms with Crippen molar-refractivity contribution in [2.75, 3.05) is 0 Å². The Hall–Kier alpha value is -1.75. The molecular weight excluding hydrogens is 214 g/mol. The van der Waals surface area contributed by atoms with Gasteiger partial charge in [-0.3, -0.25) is 0 Å². The van der Waals surface area contributed by atoms with Gasteiger partial charge in [-0.15, -0.1) is 0 Å². The Labute approximate surface area is 91.0 Å². The molecule has 0 saturated carbocycles. The van der Waals surface area contributed by atoms with Crippen molar-refractivity contribution in [3.63, 3.8) is 0 Å². The molecule has 3 nitrogen and oxygen atoms in total. The molecule has 0 amide bonds. The Kier molecular flexibility index (Phi) is 2.96. The van der Waals surface area contributed by atoms with Gasteiger partial charge in [-0.2, -0.15) is 13.9 Å². The summed E-state index contributed by atoms with van der Waals surface area (Å²) in [5, 5.41) is 12.5. The molecule has 1 aromatic carbocycles. The smallest absolute Gasteiger partial charge is 0.333 e. The maximum Gasteiger partial charge on any atom is 0.333 e. The first-order valence-electron chi connectivity index (χ1n) is 4.73. The van der Waals surface area contributed by atoms with Gasteiger partial charge in [-0.1, -0.05) is 18.2 Å². The van der Waals surface area contributed by atoms with Crippen molar-refractivity contribution < 1.29 is 13.9 Å². The Morgan fingerprint density at radius 2 is 2.12 bits per heavy atom. The molecule has 0 atom stereocenters. The van der Waals surface area contributed by atoms with Gasteiger partial charge in [-0.05, 0) is 17.2 Å². The van der Waals surface area contributed by atoms with Crippen LogP contribution in [-0.2, 0) is 6.61 Å². The van der Waals surface area contributed by atoms with Crippen LogP contribution in [0.1, 0.15) is 12.1 Å². The molecule has 0 radical (unpaired) electrons. The van der Waals surface area contributed by atoms with E-state index in [0.29, 0.717) is 10.2 Å². The highest BCUT2D eigenvalue weighted by molar-refractivity contribution is 5.62. The summed E-state index contributed by atoms with van der Waals surface area (Å²) in [7, 11) is 0. The zero-order valence-corrected chi connectivity index (χ0v) is 8.35. The molecule has 0 aliphatic carbocycles. The van der Waals surface area contributed by atoms with Gasteiger partial charge in [0.05, 0.1) is 12.8 Å². The van der Waals surface area contributed by atoms with Crippen molar-refractivity contribution in [2.45, 2.75) is 13.2 Å². The van der Waals surface area contributed by atoms with E-state index in [4.69, 9.17) is 5.11 Å². The normalized spacial score (nSPS) is 11.0. The number of aliphatic hydroxyl groups is 1. The van der Waals surface area contributed by atoms with Crippen LogP contribution < -0.4 is 0 Å². The highest BCUT2D eigenvalue weighted by Gasteiger charge is 2.08. The van der Waals surface area contributed by atoms with Crippen LogP contribution in [0.3, 0.4) is 0 Å². The molecular formula is C11H10F2N2O. The Morgan fingerprint density at radius 1 is 1.31 bits per heavy atom. The number of aromatic nitrogens is 2. The zero-order chi connectivity index (χ0) is 11.5. The monoisotopic (exact) mass is 224 g/mol. The first kappa shape index (κ1) is 10.8. The molecule has 0 unspecified atom stereocenters. The van der Waals surface area contributed by atoms with E-state index in [0.717, 1.165) is 11.1 Å². The first-order valence-corrected chi connectivity index (χ1v) is 4.73. The van der Waals surface area contributed by atoms with Crippen LogP contribution in [0.15, 0.2) is 36.7 Å². The van der Waals surface area contributed by atoms with Gasteiger partial charge >= 0.3 is 6.55 Å². The molecule has 16 heavy (non-hydrogen) atoms. The maximum absolute atomic E-state index is 12.3. The number of benzene rings is 1. The third-order valence-electron chi connectivity index (χ3n) is 2.24. The summed E-state index contributed by atoms with van der Waals surface area (Å²) in [6, 6.07) is 7.06. The summed E-state index contributed by atoms with van der Waals surface area (Å²) < 4.78 is 25.2. The van der Waals surface area contributed by atoms with Crippen LogP contribution in [0.2, 0.25) is 0 Å². The predicted molar refractivity (Wildman–Crippen MR) is 54.8 cm³/mol. The molecule has 2 rings (SSSR count). The minimum absolute atomic E-state index is 0.0726. The summed E-state index contributed by atoms with van der Waals surface area (Å²) in [5.74, 6) is 0. The number of alkyl halides is 2. The van der Waals surface area contributed by atoms with Crippen molar-refractivity contribution in [3.8, 4) is 11.1 Å². The zero-order valence-electron chi connectivity index (χ0n) is 8.35. The van der Waals surface area contributed by atoms with E-state index in [1.807, 2.05) is 0 Å². The highest BCUT2D eigenvalue weighted by Crippen LogP contribution is 2.21. The molecule has 2 aromatic rings. The first-order chi connectivity index (χ1) is 7.70. The number of halogens is 2. The molecule has 0 fully saturated rings. The highest BCUT2D eigenvalue weighted by atomic mass is 19.3. The quantitative estimate of drug-likeness (QED) is 0.869. The minimum atomic E-state index is -2.63. The van der Waals surface area contributed by atoms with E-state index in [1.54, 1.807) is 24.3 Å². The van der Waals surface area contributed by atoms with Gasteiger partial charge in [0.2, 0.25) is 0 Å². The Morgan fingerprint density at radius 3 is 2.75 bits per heavy atom. The van der Waals surface area contributed by atoms with E-state index in [9.17, 15) is 8.78 Å². The maximum atomic E-state index is 12.3. The van der Waals surface area contributed by atoms with Crippen LogP contribution in [0.5, 0.6) is 0 Å². The topological polar surface area (TPSA) is 38.1 Å². The van der Waals surface area contributed by atoms with Gasteiger partial charge in [0, 0.05) is 11.8 Å². The Bertz CT molecular complexity index is 482. The Balaban J connectivity index is 2.34. The number of aliphatic hydroxyl groups excluding tert-OH is 1. The molecule has 0 aliphatic heterocycles. The number of hydrogen-bond acceptors (Lipinski definition) is 2. The van der Waals surface area contributed by atoms with E-state index in [1.165, 1.54) is 12.4 Å². The largest absolute Gasteiger partial charge is 0.392 e. The summed E-state index contributed by atoms with van der Waals surface area (Å²) in [5.41, 5.74) is 2.11. The molecule has 84 valence electrons. The van der Waals surface area contributed by atoms with Gasteiger partial charge in [0.15, 0.2) is 0 Å². The van der Waals surface area contributed by atoms with E-state index in [2.05, 4.69) is 5.10 Å². The lowest BCUT2D eigenvalue weighted by Gasteiger charge is -2.00. The average molecular weight is 224 g/mol. The van der Waals surface area contributed by atoms with Crippen molar-refractivity contribution in [3.05, 3.63) is 42.2 Å². The lowest BCUT2D eigenvalue weighted by atomic mass is 10.1. The lowest BCUT2D eigenvalue weighted by molar-refractivity contribution is 0.0566. The van der Waals surface area contributed by atoms with Gasteiger partial charge in [0.1, 0.15) is 0 Å². The molecule has 0 saturated heterocycles. The summed E-state index contributed by atoms with van der Waals surface area (Å²) in [4.78, 5) is 0. The summed E-state index contributed by atoms with van der Waals surface area (Å²) in [6.45, 7) is -2.70. The molecule has 1 heterocycles. The van der Waals surface area contributed by atoms with Crippen molar-refractivity contribution in [2.24, 2.45) is 0 Å².